The highest BCUT2D eigenvalue weighted by molar-refractivity contribution is 9.08. The molecule has 1 nitrogen and oxygen atoms in total. The first-order valence-electron chi connectivity index (χ1n) is 6.14. The Balaban J connectivity index is 2.24. The molecule has 2 aromatic carbocycles. The van der Waals surface area contributed by atoms with Crippen LogP contribution in [0.25, 0.3) is 0 Å². The van der Waals surface area contributed by atoms with E-state index in [1.54, 1.807) is 6.07 Å². The van der Waals surface area contributed by atoms with Crippen molar-refractivity contribution in [1.29, 1.82) is 0 Å². The van der Waals surface area contributed by atoms with Gasteiger partial charge < -0.3 is 4.74 Å². The number of hydrogen-bond acceptors (Lipinski definition) is 1. The van der Waals surface area contributed by atoms with Gasteiger partial charge >= 0.3 is 0 Å². The summed E-state index contributed by atoms with van der Waals surface area (Å²) in [5.74, 6) is 0.0187. The Morgan fingerprint density at radius 1 is 1.05 bits per heavy atom. The third-order valence-corrected chi connectivity index (χ3v) is 3.80. The molecule has 0 aliphatic rings. The molecule has 0 N–H and O–H groups in total. The van der Waals surface area contributed by atoms with Crippen LogP contribution in [0.3, 0.4) is 0 Å². The van der Waals surface area contributed by atoms with Crippen LogP contribution in [0.15, 0.2) is 36.4 Å². The fraction of sp³-hybridized carbons (Fsp3) is 0.250. The molecule has 0 atom stereocenters. The summed E-state index contributed by atoms with van der Waals surface area (Å²) < 4.78 is 19.5. The van der Waals surface area contributed by atoms with E-state index in [2.05, 4.69) is 15.9 Å². The normalized spacial score (nSPS) is 10.5. The Morgan fingerprint density at radius 2 is 1.68 bits per heavy atom. The van der Waals surface area contributed by atoms with Gasteiger partial charge in [0, 0.05) is 10.9 Å². The summed E-state index contributed by atoms with van der Waals surface area (Å²) in [5.41, 5.74) is 4.27. The second-order valence-corrected chi connectivity index (χ2v) is 5.08. The minimum atomic E-state index is -0.316. The van der Waals surface area contributed by atoms with Crippen molar-refractivity contribution in [3.05, 3.63) is 64.5 Å². The van der Waals surface area contributed by atoms with Crippen LogP contribution < -0.4 is 4.74 Å². The summed E-state index contributed by atoms with van der Waals surface area (Å²) in [6.07, 6.45) is 0. The number of para-hydroxylation sites is 1. The molecule has 2 rings (SSSR count). The quantitative estimate of drug-likeness (QED) is 0.726. The number of rotatable bonds is 4. The molecule has 0 aromatic heterocycles. The summed E-state index contributed by atoms with van der Waals surface area (Å²) in [6, 6.07) is 11.1. The van der Waals surface area contributed by atoms with Gasteiger partial charge in [0.05, 0.1) is 0 Å². The van der Waals surface area contributed by atoms with Crippen molar-refractivity contribution >= 4 is 15.9 Å². The van der Waals surface area contributed by atoms with Crippen LogP contribution in [-0.2, 0) is 11.9 Å². The van der Waals surface area contributed by atoms with Gasteiger partial charge in [-0.05, 0) is 36.6 Å². The number of benzene rings is 2. The predicted molar refractivity (Wildman–Crippen MR) is 79.3 cm³/mol. The molecule has 0 bridgehead atoms. The van der Waals surface area contributed by atoms with E-state index >= 15 is 0 Å². The molecule has 0 aliphatic heterocycles. The third-order valence-electron chi connectivity index (χ3n) is 3.20. The SMILES string of the molecule is Cc1cccc(C)c1COc1c(F)cccc1CBr. The maximum Gasteiger partial charge on any atom is 0.165 e. The molecule has 0 amide bonds. The van der Waals surface area contributed by atoms with E-state index in [1.807, 2.05) is 38.1 Å². The van der Waals surface area contributed by atoms with Gasteiger partial charge in [-0.2, -0.15) is 0 Å². The second kappa shape index (κ2) is 6.20. The molecule has 100 valence electrons. The Morgan fingerprint density at radius 3 is 2.32 bits per heavy atom. The summed E-state index contributed by atoms with van der Waals surface area (Å²) in [7, 11) is 0. The minimum absolute atomic E-state index is 0.316. The fourth-order valence-electron chi connectivity index (χ4n) is 2.04. The lowest BCUT2D eigenvalue weighted by molar-refractivity contribution is 0.286. The van der Waals surface area contributed by atoms with Crippen LogP contribution in [0.2, 0.25) is 0 Å². The average molecular weight is 323 g/mol. The second-order valence-electron chi connectivity index (χ2n) is 4.52. The van der Waals surface area contributed by atoms with Crippen molar-refractivity contribution in [3.8, 4) is 5.75 Å². The van der Waals surface area contributed by atoms with E-state index in [-0.39, 0.29) is 5.82 Å². The molecule has 19 heavy (non-hydrogen) atoms. The predicted octanol–water partition coefficient (Wildman–Crippen LogP) is 4.92. The number of hydrogen-bond donors (Lipinski definition) is 0. The van der Waals surface area contributed by atoms with E-state index < -0.39 is 0 Å². The van der Waals surface area contributed by atoms with Gasteiger partial charge in [0.1, 0.15) is 6.61 Å². The zero-order valence-corrected chi connectivity index (χ0v) is 12.6. The van der Waals surface area contributed by atoms with Crippen molar-refractivity contribution in [1.82, 2.24) is 0 Å². The van der Waals surface area contributed by atoms with Crippen molar-refractivity contribution in [2.45, 2.75) is 25.8 Å². The van der Waals surface area contributed by atoms with Gasteiger partial charge in [0.25, 0.3) is 0 Å². The van der Waals surface area contributed by atoms with Crippen LogP contribution in [0, 0.1) is 19.7 Å². The molecular weight excluding hydrogens is 307 g/mol. The Kier molecular flexibility index (Phi) is 4.59. The van der Waals surface area contributed by atoms with Gasteiger partial charge in [-0.25, -0.2) is 4.39 Å². The summed E-state index contributed by atoms with van der Waals surface area (Å²) >= 11 is 3.35. The molecule has 3 heteroatoms. The highest BCUT2D eigenvalue weighted by Crippen LogP contribution is 2.26. The van der Waals surface area contributed by atoms with E-state index in [9.17, 15) is 4.39 Å². The maximum absolute atomic E-state index is 13.8. The Labute approximate surface area is 121 Å². The number of ether oxygens (including phenoxy) is 1. The first-order chi connectivity index (χ1) is 9.13. The van der Waals surface area contributed by atoms with Crippen LogP contribution in [0.4, 0.5) is 4.39 Å². The van der Waals surface area contributed by atoms with E-state index in [4.69, 9.17) is 4.74 Å². The van der Waals surface area contributed by atoms with Crippen LogP contribution in [-0.4, -0.2) is 0 Å². The Bertz CT molecular complexity index is 561. The van der Waals surface area contributed by atoms with E-state index in [0.29, 0.717) is 17.7 Å². The topological polar surface area (TPSA) is 9.23 Å². The summed E-state index contributed by atoms with van der Waals surface area (Å²) in [6.45, 7) is 4.47. The largest absolute Gasteiger partial charge is 0.485 e. The number of aryl methyl sites for hydroxylation is 2. The van der Waals surface area contributed by atoms with Crippen molar-refractivity contribution in [2.24, 2.45) is 0 Å². The lowest BCUT2D eigenvalue weighted by Gasteiger charge is -2.14. The maximum atomic E-state index is 13.8. The standard InChI is InChI=1S/C16H16BrFO/c1-11-5-3-6-12(2)14(11)10-19-16-13(9-17)7-4-8-15(16)18/h3-8H,9-10H2,1-2H3. The smallest absolute Gasteiger partial charge is 0.165 e. The highest BCUT2D eigenvalue weighted by atomic mass is 79.9. The summed E-state index contributed by atoms with van der Waals surface area (Å²) in [4.78, 5) is 0. The molecule has 2 aromatic rings. The molecule has 0 saturated heterocycles. The molecule has 0 unspecified atom stereocenters. The molecular formula is C16H16BrFO. The molecule has 0 radical (unpaired) electrons. The molecule has 0 heterocycles. The van der Waals surface area contributed by atoms with Crippen molar-refractivity contribution in [2.75, 3.05) is 0 Å². The van der Waals surface area contributed by atoms with Crippen molar-refractivity contribution in [3.63, 3.8) is 0 Å². The van der Waals surface area contributed by atoms with Gasteiger partial charge in [-0.1, -0.05) is 46.3 Å². The highest BCUT2D eigenvalue weighted by Gasteiger charge is 2.10. The molecule has 0 fully saturated rings. The van der Waals surface area contributed by atoms with Gasteiger partial charge in [0.2, 0.25) is 0 Å². The summed E-state index contributed by atoms with van der Waals surface area (Å²) in [5, 5.41) is 0.576. The molecule has 0 saturated carbocycles. The molecule has 0 spiro atoms. The van der Waals surface area contributed by atoms with Crippen LogP contribution in [0.1, 0.15) is 22.3 Å². The first kappa shape index (κ1) is 14.1. The van der Waals surface area contributed by atoms with Gasteiger partial charge in [0.15, 0.2) is 11.6 Å². The lowest BCUT2D eigenvalue weighted by atomic mass is 10.0. The number of halogens is 2. The molecule has 0 aliphatic carbocycles. The van der Waals surface area contributed by atoms with Crippen LogP contribution >= 0.6 is 15.9 Å². The number of alkyl halides is 1. The zero-order chi connectivity index (χ0) is 13.8. The average Bonchev–Trinajstić information content (AvgIpc) is 2.39. The Hall–Kier alpha value is -1.35. The monoisotopic (exact) mass is 322 g/mol. The van der Waals surface area contributed by atoms with E-state index in [1.165, 1.54) is 6.07 Å². The third kappa shape index (κ3) is 3.16. The fourth-order valence-corrected chi connectivity index (χ4v) is 2.48. The van der Waals surface area contributed by atoms with E-state index in [0.717, 1.165) is 22.3 Å². The van der Waals surface area contributed by atoms with Crippen molar-refractivity contribution < 1.29 is 9.13 Å². The van der Waals surface area contributed by atoms with Gasteiger partial charge in [-0.3, -0.25) is 0 Å². The zero-order valence-electron chi connectivity index (χ0n) is 11.0. The first-order valence-corrected chi connectivity index (χ1v) is 7.27. The minimum Gasteiger partial charge on any atom is -0.485 e. The van der Waals surface area contributed by atoms with Gasteiger partial charge in [-0.15, -0.1) is 0 Å². The van der Waals surface area contributed by atoms with Crippen LogP contribution in [0.5, 0.6) is 5.75 Å². The lowest BCUT2D eigenvalue weighted by Crippen LogP contribution is -2.03.